The Bertz CT molecular complexity index is 1200. The first kappa shape index (κ1) is 27.7. The second kappa shape index (κ2) is 11.0. The number of halogens is 4. The van der Waals surface area contributed by atoms with Crippen LogP contribution in [-0.2, 0) is 14.9 Å². The van der Waals surface area contributed by atoms with Gasteiger partial charge in [-0.3, -0.25) is 4.79 Å². The highest BCUT2D eigenvalue weighted by Crippen LogP contribution is 2.49. The largest absolute Gasteiger partial charge is 0.573 e. The molecule has 11 heteroatoms. The summed E-state index contributed by atoms with van der Waals surface area (Å²) < 4.78 is 61.6. The molecule has 2 aromatic carbocycles. The molecule has 0 heterocycles. The van der Waals surface area contributed by atoms with Crippen molar-refractivity contribution < 1.29 is 36.6 Å². The summed E-state index contributed by atoms with van der Waals surface area (Å²) in [5.41, 5.74) is -0.740. The molecule has 3 N–H and O–H groups in total. The van der Waals surface area contributed by atoms with Crippen LogP contribution in [-0.4, -0.2) is 37.1 Å². The molecule has 0 spiro atoms. The molecule has 1 amide bonds. The Morgan fingerprint density at radius 1 is 1.16 bits per heavy atom. The number of hydrogen-bond donors (Lipinski definition) is 3. The third-order valence-electron chi connectivity index (χ3n) is 5.68. The number of benzene rings is 2. The molecule has 0 bridgehead atoms. The Hall–Kier alpha value is -3.89. The van der Waals surface area contributed by atoms with Crippen molar-refractivity contribution in [3.63, 3.8) is 0 Å². The van der Waals surface area contributed by atoms with Crippen LogP contribution in [0.4, 0.5) is 23.2 Å². The lowest BCUT2D eigenvalue weighted by Gasteiger charge is -2.18. The first-order chi connectivity index (χ1) is 17.4. The molecule has 0 saturated heterocycles. The number of hydrogen-bond acceptors (Lipinski definition) is 6. The molecule has 37 heavy (non-hydrogen) atoms. The van der Waals surface area contributed by atoms with E-state index in [1.165, 1.54) is 24.4 Å². The van der Waals surface area contributed by atoms with Gasteiger partial charge < -0.3 is 25.5 Å². The summed E-state index contributed by atoms with van der Waals surface area (Å²) in [6.45, 7) is 5.32. The van der Waals surface area contributed by atoms with Crippen LogP contribution >= 0.6 is 0 Å². The molecule has 1 saturated carbocycles. The van der Waals surface area contributed by atoms with Crippen molar-refractivity contribution in [2.75, 3.05) is 11.9 Å². The maximum atomic E-state index is 15.3. The van der Waals surface area contributed by atoms with Gasteiger partial charge in [-0.05, 0) is 63.4 Å². The van der Waals surface area contributed by atoms with Gasteiger partial charge in [0.05, 0.1) is 17.6 Å². The van der Waals surface area contributed by atoms with Crippen LogP contribution in [0.3, 0.4) is 0 Å². The van der Waals surface area contributed by atoms with E-state index in [1.54, 1.807) is 6.92 Å². The monoisotopic (exact) mass is 521 g/mol. The van der Waals surface area contributed by atoms with Gasteiger partial charge in [-0.1, -0.05) is 12.1 Å². The predicted molar refractivity (Wildman–Crippen MR) is 130 cm³/mol. The van der Waals surface area contributed by atoms with Crippen LogP contribution in [0.25, 0.3) is 5.57 Å². The number of carbonyl (C=O) groups is 2. The number of amides is 1. The third kappa shape index (κ3) is 6.66. The normalized spacial score (nSPS) is 14.6. The number of anilines is 1. The number of rotatable bonds is 10. The van der Waals surface area contributed by atoms with Crippen LogP contribution in [0.1, 0.15) is 55.1 Å². The lowest BCUT2D eigenvalue weighted by Crippen LogP contribution is -2.28. The van der Waals surface area contributed by atoms with E-state index < -0.39 is 35.2 Å². The summed E-state index contributed by atoms with van der Waals surface area (Å²) in [7, 11) is 0. The molecular weight excluding hydrogens is 494 g/mol. The van der Waals surface area contributed by atoms with Crippen molar-refractivity contribution >= 4 is 29.4 Å². The smallest absolute Gasteiger partial charge is 0.462 e. The number of esters is 1. The van der Waals surface area contributed by atoms with Gasteiger partial charge in [0.25, 0.3) is 0 Å². The van der Waals surface area contributed by atoms with Crippen molar-refractivity contribution in [2.24, 2.45) is 0 Å². The van der Waals surface area contributed by atoms with E-state index in [1.807, 2.05) is 13.8 Å². The SMILES string of the molecule is CCOC(=O)c1cc(NC(=O)C2(c3ccc(OC(F)(F)F)cc3)CC2)cc(F)c1/C(C=N)=C/NC(C)C. The fourth-order valence-corrected chi connectivity index (χ4v) is 3.78. The molecule has 1 aliphatic carbocycles. The third-order valence-corrected chi connectivity index (χ3v) is 5.68. The molecule has 0 radical (unpaired) electrons. The first-order valence-corrected chi connectivity index (χ1v) is 11.6. The molecule has 0 aromatic heterocycles. The van der Waals surface area contributed by atoms with Gasteiger partial charge in [0.1, 0.15) is 11.6 Å². The average molecular weight is 522 g/mol. The maximum Gasteiger partial charge on any atom is 0.573 e. The van der Waals surface area contributed by atoms with E-state index >= 15 is 4.39 Å². The quantitative estimate of drug-likeness (QED) is 0.216. The van der Waals surface area contributed by atoms with Gasteiger partial charge in [-0.2, -0.15) is 0 Å². The summed E-state index contributed by atoms with van der Waals surface area (Å²) >= 11 is 0. The zero-order valence-corrected chi connectivity index (χ0v) is 20.5. The molecule has 7 nitrogen and oxygen atoms in total. The molecule has 0 aliphatic heterocycles. The van der Waals surface area contributed by atoms with Gasteiger partial charge >= 0.3 is 12.3 Å². The second-order valence-electron chi connectivity index (χ2n) is 8.77. The van der Waals surface area contributed by atoms with Crippen molar-refractivity contribution in [1.82, 2.24) is 5.32 Å². The van der Waals surface area contributed by atoms with E-state index in [2.05, 4.69) is 15.4 Å². The van der Waals surface area contributed by atoms with E-state index in [0.29, 0.717) is 18.4 Å². The van der Waals surface area contributed by atoms with Crippen LogP contribution in [0.5, 0.6) is 5.75 Å². The number of ether oxygens (including phenoxy) is 2. The number of allylic oxidation sites excluding steroid dienone is 1. The number of alkyl halides is 3. The zero-order valence-electron chi connectivity index (χ0n) is 20.5. The lowest BCUT2D eigenvalue weighted by atomic mass is 9.94. The highest BCUT2D eigenvalue weighted by Gasteiger charge is 2.51. The van der Waals surface area contributed by atoms with Crippen molar-refractivity contribution in [3.05, 3.63) is 65.1 Å². The van der Waals surface area contributed by atoms with Gasteiger partial charge in [-0.15, -0.1) is 13.2 Å². The van der Waals surface area contributed by atoms with E-state index in [4.69, 9.17) is 10.1 Å². The summed E-state index contributed by atoms with van der Waals surface area (Å²) in [6, 6.07) is 7.32. The average Bonchev–Trinajstić information content (AvgIpc) is 3.62. The zero-order chi connectivity index (χ0) is 27.4. The minimum absolute atomic E-state index is 0.00116. The highest BCUT2D eigenvalue weighted by molar-refractivity contribution is 6.13. The van der Waals surface area contributed by atoms with Gasteiger partial charge in [0.2, 0.25) is 5.91 Å². The fraction of sp³-hybridized carbons (Fsp3) is 0.346. The molecule has 0 unspecified atom stereocenters. The topological polar surface area (TPSA) is 101 Å². The van der Waals surface area contributed by atoms with Crippen molar-refractivity contribution in [1.29, 1.82) is 5.41 Å². The Labute approximate surface area is 211 Å². The summed E-state index contributed by atoms with van der Waals surface area (Å²) in [6.07, 6.45) is -1.64. The van der Waals surface area contributed by atoms with Crippen LogP contribution in [0.2, 0.25) is 0 Å². The summed E-state index contributed by atoms with van der Waals surface area (Å²) in [4.78, 5) is 25.8. The predicted octanol–water partition coefficient (Wildman–Crippen LogP) is 5.56. The Kier molecular flexibility index (Phi) is 8.25. The van der Waals surface area contributed by atoms with E-state index in [-0.39, 0.29) is 35.0 Å². The maximum absolute atomic E-state index is 15.3. The van der Waals surface area contributed by atoms with Crippen LogP contribution < -0.4 is 15.4 Å². The molecule has 198 valence electrons. The van der Waals surface area contributed by atoms with Gasteiger partial charge in [0, 0.05) is 35.3 Å². The lowest BCUT2D eigenvalue weighted by molar-refractivity contribution is -0.274. The molecule has 3 rings (SSSR count). The van der Waals surface area contributed by atoms with Gasteiger partial charge in [-0.25, -0.2) is 9.18 Å². The summed E-state index contributed by atoms with van der Waals surface area (Å²) in [5, 5.41) is 13.3. The molecular formula is C26H27F4N3O4. The number of nitrogens with one attached hydrogen (secondary N) is 3. The van der Waals surface area contributed by atoms with Gasteiger partial charge in [0.15, 0.2) is 0 Å². The van der Waals surface area contributed by atoms with Crippen LogP contribution in [0, 0.1) is 11.2 Å². The molecule has 2 aromatic rings. The van der Waals surface area contributed by atoms with E-state index in [0.717, 1.165) is 24.4 Å². The molecule has 0 atom stereocenters. The standard InChI is InChI=1S/C26H27F4N3O4/c1-4-36-23(34)20-11-18(12-21(27)22(20)16(13-31)14-32-15(2)3)33-24(35)25(9-10-25)17-5-7-19(8-6-17)37-26(28,29)30/h5-8,11-15,31-32H,4,9-10H2,1-3H3,(H,33,35)/b16-14+,31-13?. The second-order valence-corrected chi connectivity index (χ2v) is 8.77. The molecule has 1 fully saturated rings. The fourth-order valence-electron chi connectivity index (χ4n) is 3.78. The molecule has 1 aliphatic rings. The minimum Gasteiger partial charge on any atom is -0.462 e. The number of carbonyl (C=O) groups excluding carboxylic acids is 2. The Morgan fingerprint density at radius 2 is 1.81 bits per heavy atom. The van der Waals surface area contributed by atoms with Crippen LogP contribution in [0.15, 0.2) is 42.6 Å². The Morgan fingerprint density at radius 3 is 2.32 bits per heavy atom. The van der Waals surface area contributed by atoms with E-state index in [9.17, 15) is 22.8 Å². The van der Waals surface area contributed by atoms with Crippen molar-refractivity contribution in [2.45, 2.75) is 51.4 Å². The van der Waals surface area contributed by atoms with Crippen molar-refractivity contribution in [3.8, 4) is 5.75 Å². The minimum atomic E-state index is -4.83. The first-order valence-electron chi connectivity index (χ1n) is 11.6. The Balaban J connectivity index is 1.91. The highest BCUT2D eigenvalue weighted by atomic mass is 19.4. The summed E-state index contributed by atoms with van der Waals surface area (Å²) in [5.74, 6) is -2.58.